The van der Waals surface area contributed by atoms with E-state index in [4.69, 9.17) is 14.2 Å². The molecule has 2 aromatic carbocycles. The number of ether oxygens (including phenoxy) is 3. The van der Waals surface area contributed by atoms with Gasteiger partial charge in [0.25, 0.3) is 0 Å². The molecule has 1 heterocycles. The minimum Gasteiger partial charge on any atom is -0.490 e. The molecular weight excluding hydrogens is 462 g/mol. The van der Waals surface area contributed by atoms with E-state index in [0.29, 0.717) is 35.3 Å². The smallest absolute Gasteiger partial charge is 0.341 e. The molecule has 0 saturated heterocycles. The van der Waals surface area contributed by atoms with Gasteiger partial charge >= 0.3 is 5.97 Å². The van der Waals surface area contributed by atoms with Crippen LogP contribution in [0.5, 0.6) is 11.5 Å². The van der Waals surface area contributed by atoms with Crippen LogP contribution in [-0.2, 0) is 9.53 Å². The standard InChI is InChI=1S/C28H31NO5S/c1-4-7-17-34-23-15-13-20(18-24(23)32-5-2)14-16-25(30)29-27-26(28(31)33-6-3)22(19-35-27)21-11-9-8-10-12-21/h8-16,18-19H,4-7,17H2,1-3H3,(H,29,30)/b16-14+. The van der Waals surface area contributed by atoms with Gasteiger partial charge in [-0.05, 0) is 49.6 Å². The summed E-state index contributed by atoms with van der Waals surface area (Å²) in [5, 5.41) is 5.14. The van der Waals surface area contributed by atoms with Crippen molar-refractivity contribution in [2.24, 2.45) is 0 Å². The molecule has 0 spiro atoms. The summed E-state index contributed by atoms with van der Waals surface area (Å²) in [4.78, 5) is 25.4. The number of carbonyl (C=O) groups is 2. The van der Waals surface area contributed by atoms with Gasteiger partial charge in [0.1, 0.15) is 10.6 Å². The molecule has 0 aliphatic rings. The SMILES string of the molecule is CCCCOc1ccc(/C=C/C(=O)Nc2scc(-c3ccccc3)c2C(=O)OCC)cc1OCC. The van der Waals surface area contributed by atoms with Gasteiger partial charge in [-0.3, -0.25) is 4.79 Å². The van der Waals surface area contributed by atoms with Crippen LogP contribution in [0.3, 0.4) is 0 Å². The number of thiophene rings is 1. The first-order chi connectivity index (χ1) is 17.1. The van der Waals surface area contributed by atoms with Crippen molar-refractivity contribution in [3.8, 4) is 22.6 Å². The van der Waals surface area contributed by atoms with Crippen LogP contribution in [0.4, 0.5) is 5.00 Å². The molecule has 3 aromatic rings. The summed E-state index contributed by atoms with van der Waals surface area (Å²) in [5.74, 6) is 0.514. The maximum absolute atomic E-state index is 12.7. The Bertz CT molecular complexity index is 1150. The van der Waals surface area contributed by atoms with E-state index in [1.165, 1.54) is 17.4 Å². The number of esters is 1. The zero-order chi connectivity index (χ0) is 25.0. The van der Waals surface area contributed by atoms with Crippen LogP contribution >= 0.6 is 11.3 Å². The molecule has 0 atom stereocenters. The summed E-state index contributed by atoms with van der Waals surface area (Å²) in [5.41, 5.74) is 2.77. The summed E-state index contributed by atoms with van der Waals surface area (Å²) in [6, 6.07) is 15.1. The molecule has 6 nitrogen and oxygen atoms in total. The van der Waals surface area contributed by atoms with Gasteiger partial charge < -0.3 is 19.5 Å². The second kappa shape index (κ2) is 13.3. The summed E-state index contributed by atoms with van der Waals surface area (Å²) < 4.78 is 16.8. The van der Waals surface area contributed by atoms with E-state index in [0.717, 1.165) is 29.5 Å². The highest BCUT2D eigenvalue weighted by Crippen LogP contribution is 2.36. The number of benzene rings is 2. The Morgan fingerprint density at radius 2 is 1.77 bits per heavy atom. The van der Waals surface area contributed by atoms with Crippen LogP contribution in [0.15, 0.2) is 60.0 Å². The number of unbranched alkanes of at least 4 members (excludes halogenated alkanes) is 1. The van der Waals surface area contributed by atoms with Crippen molar-refractivity contribution < 1.29 is 23.8 Å². The number of hydrogen-bond donors (Lipinski definition) is 1. The first-order valence-corrected chi connectivity index (χ1v) is 12.7. The van der Waals surface area contributed by atoms with Gasteiger partial charge in [-0.1, -0.05) is 49.7 Å². The molecule has 0 bridgehead atoms. The number of carbonyl (C=O) groups excluding carboxylic acids is 2. The third kappa shape index (κ3) is 7.20. The molecule has 0 aliphatic carbocycles. The van der Waals surface area contributed by atoms with E-state index in [1.807, 2.05) is 60.8 Å². The van der Waals surface area contributed by atoms with Crippen LogP contribution in [0.25, 0.3) is 17.2 Å². The molecule has 3 rings (SSSR count). The zero-order valence-electron chi connectivity index (χ0n) is 20.3. The lowest BCUT2D eigenvalue weighted by Crippen LogP contribution is -2.12. The van der Waals surface area contributed by atoms with Gasteiger partial charge in [0.2, 0.25) is 5.91 Å². The van der Waals surface area contributed by atoms with E-state index in [9.17, 15) is 9.59 Å². The van der Waals surface area contributed by atoms with E-state index in [2.05, 4.69) is 12.2 Å². The van der Waals surface area contributed by atoms with E-state index < -0.39 is 5.97 Å². The molecule has 7 heteroatoms. The quantitative estimate of drug-likeness (QED) is 0.170. The average Bonchev–Trinajstić information content (AvgIpc) is 3.28. The monoisotopic (exact) mass is 493 g/mol. The number of rotatable bonds is 12. The highest BCUT2D eigenvalue weighted by atomic mass is 32.1. The molecule has 0 unspecified atom stereocenters. The van der Waals surface area contributed by atoms with Gasteiger partial charge in [-0.15, -0.1) is 11.3 Å². The lowest BCUT2D eigenvalue weighted by molar-refractivity contribution is -0.111. The predicted octanol–water partition coefficient (Wildman–Crippen LogP) is 6.82. The number of hydrogen-bond acceptors (Lipinski definition) is 6. The van der Waals surface area contributed by atoms with Gasteiger partial charge in [-0.2, -0.15) is 0 Å². The highest BCUT2D eigenvalue weighted by molar-refractivity contribution is 7.15. The average molecular weight is 494 g/mol. The topological polar surface area (TPSA) is 73.9 Å². The Hall–Kier alpha value is -3.58. The molecule has 0 radical (unpaired) electrons. The molecule has 35 heavy (non-hydrogen) atoms. The van der Waals surface area contributed by atoms with Crippen LogP contribution in [0.2, 0.25) is 0 Å². The van der Waals surface area contributed by atoms with Gasteiger partial charge in [0.05, 0.1) is 19.8 Å². The fraction of sp³-hybridized carbons (Fsp3) is 0.286. The third-order valence-electron chi connectivity index (χ3n) is 5.04. The van der Waals surface area contributed by atoms with E-state index >= 15 is 0 Å². The van der Waals surface area contributed by atoms with E-state index in [-0.39, 0.29) is 12.5 Å². The Labute approximate surface area is 210 Å². The number of amides is 1. The molecule has 0 fully saturated rings. The fourth-order valence-corrected chi connectivity index (χ4v) is 4.31. The molecular formula is C28H31NO5S. The number of anilines is 1. The minimum atomic E-state index is -0.466. The third-order valence-corrected chi connectivity index (χ3v) is 5.94. The first-order valence-electron chi connectivity index (χ1n) is 11.8. The van der Waals surface area contributed by atoms with Gasteiger partial charge in [-0.25, -0.2) is 4.79 Å². The number of nitrogens with one attached hydrogen (secondary N) is 1. The lowest BCUT2D eigenvalue weighted by atomic mass is 10.0. The lowest BCUT2D eigenvalue weighted by Gasteiger charge is -2.12. The van der Waals surface area contributed by atoms with Crippen LogP contribution in [0, 0.1) is 0 Å². The Balaban J connectivity index is 1.78. The minimum absolute atomic E-state index is 0.247. The summed E-state index contributed by atoms with van der Waals surface area (Å²) in [6.45, 7) is 7.16. The maximum atomic E-state index is 12.7. The summed E-state index contributed by atoms with van der Waals surface area (Å²) in [7, 11) is 0. The second-order valence-electron chi connectivity index (χ2n) is 7.60. The summed E-state index contributed by atoms with van der Waals surface area (Å²) in [6.07, 6.45) is 5.15. The molecule has 0 aliphatic heterocycles. The Morgan fingerprint density at radius 3 is 2.49 bits per heavy atom. The summed E-state index contributed by atoms with van der Waals surface area (Å²) >= 11 is 1.29. The molecule has 1 aromatic heterocycles. The molecule has 1 N–H and O–H groups in total. The predicted molar refractivity (Wildman–Crippen MR) is 141 cm³/mol. The second-order valence-corrected chi connectivity index (χ2v) is 8.48. The first kappa shape index (κ1) is 26.0. The van der Waals surface area contributed by atoms with Crippen LogP contribution < -0.4 is 14.8 Å². The van der Waals surface area contributed by atoms with Crippen molar-refractivity contribution in [2.75, 3.05) is 25.1 Å². The highest BCUT2D eigenvalue weighted by Gasteiger charge is 2.22. The van der Waals surface area contributed by atoms with Crippen molar-refractivity contribution in [2.45, 2.75) is 33.6 Å². The van der Waals surface area contributed by atoms with Gasteiger partial charge in [0.15, 0.2) is 11.5 Å². The largest absolute Gasteiger partial charge is 0.490 e. The maximum Gasteiger partial charge on any atom is 0.341 e. The fourth-order valence-electron chi connectivity index (χ4n) is 3.35. The Kier molecular flexibility index (Phi) is 9.93. The van der Waals surface area contributed by atoms with Crippen LogP contribution in [-0.4, -0.2) is 31.7 Å². The zero-order valence-corrected chi connectivity index (χ0v) is 21.2. The van der Waals surface area contributed by atoms with Crippen molar-refractivity contribution in [1.29, 1.82) is 0 Å². The Morgan fingerprint density at radius 1 is 0.971 bits per heavy atom. The van der Waals surface area contributed by atoms with Crippen molar-refractivity contribution in [1.82, 2.24) is 0 Å². The normalized spacial score (nSPS) is 10.8. The van der Waals surface area contributed by atoms with Crippen molar-refractivity contribution in [3.05, 3.63) is 71.1 Å². The van der Waals surface area contributed by atoms with Gasteiger partial charge in [0, 0.05) is 17.0 Å². The van der Waals surface area contributed by atoms with Crippen molar-refractivity contribution in [3.63, 3.8) is 0 Å². The molecule has 0 saturated carbocycles. The molecule has 1 amide bonds. The van der Waals surface area contributed by atoms with Crippen LogP contribution in [0.1, 0.15) is 49.5 Å². The van der Waals surface area contributed by atoms with Crippen molar-refractivity contribution >= 4 is 34.3 Å². The van der Waals surface area contributed by atoms with E-state index in [1.54, 1.807) is 13.0 Å². The molecule has 184 valence electrons.